The summed E-state index contributed by atoms with van der Waals surface area (Å²) < 4.78 is 0. The summed E-state index contributed by atoms with van der Waals surface area (Å²) in [7, 11) is 1.76. The number of rotatable bonds is 6. The SMILES string of the molecule is CN=C(NCCC(=O)N1CCCCC1C)NCCc1ccccc1. The van der Waals surface area contributed by atoms with E-state index >= 15 is 0 Å². The average Bonchev–Trinajstić information content (AvgIpc) is 2.61. The van der Waals surface area contributed by atoms with Crippen molar-refractivity contribution in [3.63, 3.8) is 0 Å². The molecule has 1 heterocycles. The second kappa shape index (κ2) is 9.96. The van der Waals surface area contributed by atoms with E-state index in [1.807, 2.05) is 11.0 Å². The summed E-state index contributed by atoms with van der Waals surface area (Å²) in [5, 5.41) is 6.53. The lowest BCUT2D eigenvalue weighted by molar-refractivity contribution is -0.134. The molecular weight excluding hydrogens is 300 g/mol. The van der Waals surface area contributed by atoms with Crippen LogP contribution in [0.5, 0.6) is 0 Å². The highest BCUT2D eigenvalue weighted by Gasteiger charge is 2.22. The van der Waals surface area contributed by atoms with Crippen molar-refractivity contribution in [3.8, 4) is 0 Å². The van der Waals surface area contributed by atoms with Crippen LogP contribution in [0.4, 0.5) is 0 Å². The maximum Gasteiger partial charge on any atom is 0.224 e. The Morgan fingerprint density at radius 2 is 1.96 bits per heavy atom. The molecule has 2 rings (SSSR count). The molecule has 5 nitrogen and oxygen atoms in total. The zero-order valence-electron chi connectivity index (χ0n) is 14.9. The lowest BCUT2D eigenvalue weighted by Crippen LogP contribution is -2.44. The lowest BCUT2D eigenvalue weighted by Gasteiger charge is -2.33. The largest absolute Gasteiger partial charge is 0.356 e. The fourth-order valence-corrected chi connectivity index (χ4v) is 3.09. The first-order valence-corrected chi connectivity index (χ1v) is 8.98. The van der Waals surface area contributed by atoms with Crippen LogP contribution in [0.25, 0.3) is 0 Å². The van der Waals surface area contributed by atoms with E-state index in [4.69, 9.17) is 0 Å². The molecule has 0 aromatic heterocycles. The molecule has 2 N–H and O–H groups in total. The van der Waals surface area contributed by atoms with Crippen LogP contribution in [-0.2, 0) is 11.2 Å². The number of nitrogens with zero attached hydrogens (tertiary/aromatic N) is 2. The van der Waals surface area contributed by atoms with E-state index in [2.05, 4.69) is 46.8 Å². The topological polar surface area (TPSA) is 56.7 Å². The van der Waals surface area contributed by atoms with Crippen LogP contribution >= 0.6 is 0 Å². The highest BCUT2D eigenvalue weighted by molar-refractivity contribution is 5.81. The van der Waals surface area contributed by atoms with E-state index < -0.39 is 0 Å². The number of amides is 1. The smallest absolute Gasteiger partial charge is 0.224 e. The third kappa shape index (κ3) is 5.87. The fraction of sp³-hybridized carbons (Fsp3) is 0.579. The van der Waals surface area contributed by atoms with Gasteiger partial charge in [-0.25, -0.2) is 0 Å². The van der Waals surface area contributed by atoms with Crippen LogP contribution in [0.3, 0.4) is 0 Å². The van der Waals surface area contributed by atoms with Crippen LogP contribution in [0.2, 0.25) is 0 Å². The molecule has 1 atom stereocenters. The Kier molecular flexibility index (Phi) is 7.59. The number of nitrogens with one attached hydrogen (secondary N) is 2. The minimum atomic E-state index is 0.245. The molecule has 1 fully saturated rings. The van der Waals surface area contributed by atoms with Gasteiger partial charge in [-0.1, -0.05) is 30.3 Å². The van der Waals surface area contributed by atoms with Gasteiger partial charge in [0.15, 0.2) is 5.96 Å². The van der Waals surface area contributed by atoms with E-state index in [0.29, 0.717) is 19.0 Å². The van der Waals surface area contributed by atoms with Crippen molar-refractivity contribution in [2.75, 3.05) is 26.7 Å². The van der Waals surface area contributed by atoms with E-state index in [9.17, 15) is 4.79 Å². The molecule has 1 amide bonds. The zero-order chi connectivity index (χ0) is 17.2. The average molecular weight is 330 g/mol. The normalized spacial score (nSPS) is 18.3. The maximum atomic E-state index is 12.3. The first-order chi connectivity index (χ1) is 11.7. The summed E-state index contributed by atoms with van der Waals surface area (Å²) in [5.41, 5.74) is 1.30. The van der Waals surface area contributed by atoms with Crippen LogP contribution in [-0.4, -0.2) is 49.5 Å². The molecule has 0 radical (unpaired) electrons. The molecule has 0 aliphatic carbocycles. The Labute approximate surface area is 145 Å². The number of carbonyl (C=O) groups excluding carboxylic acids is 1. The van der Waals surface area contributed by atoms with Gasteiger partial charge in [0.25, 0.3) is 0 Å². The molecule has 1 aromatic rings. The van der Waals surface area contributed by atoms with Gasteiger partial charge in [0.05, 0.1) is 0 Å². The molecule has 1 unspecified atom stereocenters. The van der Waals surface area contributed by atoms with E-state index in [1.54, 1.807) is 7.05 Å². The summed E-state index contributed by atoms with van der Waals surface area (Å²) in [6.45, 7) is 4.49. The quantitative estimate of drug-likeness (QED) is 0.621. The van der Waals surface area contributed by atoms with Crippen molar-refractivity contribution < 1.29 is 4.79 Å². The molecule has 132 valence electrons. The molecule has 0 spiro atoms. The summed E-state index contributed by atoms with van der Waals surface area (Å²) in [6, 6.07) is 10.8. The van der Waals surface area contributed by atoms with Gasteiger partial charge in [0.1, 0.15) is 0 Å². The summed E-state index contributed by atoms with van der Waals surface area (Å²) in [6.07, 6.45) is 4.96. The number of guanidine groups is 1. The second-order valence-electron chi connectivity index (χ2n) is 6.34. The summed E-state index contributed by atoms with van der Waals surface area (Å²) in [4.78, 5) is 18.5. The van der Waals surface area contributed by atoms with Crippen LogP contribution < -0.4 is 10.6 Å². The Hall–Kier alpha value is -2.04. The number of hydrogen-bond acceptors (Lipinski definition) is 2. The van der Waals surface area contributed by atoms with Gasteiger partial charge in [-0.05, 0) is 38.2 Å². The molecule has 24 heavy (non-hydrogen) atoms. The Bertz CT molecular complexity index is 529. The molecule has 0 saturated carbocycles. The summed E-state index contributed by atoms with van der Waals surface area (Å²) >= 11 is 0. The maximum absolute atomic E-state index is 12.3. The van der Waals surface area contributed by atoms with E-state index in [1.165, 1.54) is 12.0 Å². The third-order valence-electron chi connectivity index (χ3n) is 4.53. The Morgan fingerprint density at radius 3 is 2.67 bits per heavy atom. The number of likely N-dealkylation sites (tertiary alicyclic amines) is 1. The first kappa shape index (κ1) is 18.3. The van der Waals surface area contributed by atoms with Gasteiger partial charge in [-0.15, -0.1) is 0 Å². The molecule has 1 aliphatic rings. The van der Waals surface area contributed by atoms with Gasteiger partial charge >= 0.3 is 0 Å². The molecule has 1 saturated heterocycles. The molecule has 1 aliphatic heterocycles. The standard InChI is InChI=1S/C19H30N4O/c1-16-8-6-7-15-23(16)18(24)12-14-22-19(20-2)21-13-11-17-9-4-3-5-10-17/h3-5,9-10,16H,6-8,11-15H2,1-2H3,(H2,20,21,22). The predicted octanol–water partition coefficient (Wildman–Crippen LogP) is 2.19. The summed E-state index contributed by atoms with van der Waals surface area (Å²) in [5.74, 6) is 1.000. The Balaban J connectivity index is 1.65. The van der Waals surface area contributed by atoms with Crippen LogP contribution in [0, 0.1) is 0 Å². The number of hydrogen-bond donors (Lipinski definition) is 2. The van der Waals surface area contributed by atoms with Crippen LogP contribution in [0.1, 0.15) is 38.2 Å². The zero-order valence-corrected chi connectivity index (χ0v) is 14.9. The van der Waals surface area contributed by atoms with E-state index in [-0.39, 0.29) is 5.91 Å². The van der Waals surface area contributed by atoms with Gasteiger partial charge in [0.2, 0.25) is 5.91 Å². The van der Waals surface area contributed by atoms with Crippen molar-refractivity contribution >= 4 is 11.9 Å². The van der Waals surface area contributed by atoms with Crippen LogP contribution in [0.15, 0.2) is 35.3 Å². The molecule has 1 aromatic carbocycles. The van der Waals surface area contributed by atoms with Crippen molar-refractivity contribution in [2.24, 2.45) is 4.99 Å². The number of aliphatic imine (C=N–C) groups is 1. The minimum absolute atomic E-state index is 0.245. The number of piperidine rings is 1. The van der Waals surface area contributed by atoms with Crippen molar-refractivity contribution in [2.45, 2.75) is 45.1 Å². The van der Waals surface area contributed by atoms with Gasteiger partial charge in [-0.3, -0.25) is 9.79 Å². The number of benzene rings is 1. The molecular formula is C19H30N4O. The first-order valence-electron chi connectivity index (χ1n) is 8.98. The number of carbonyl (C=O) groups is 1. The van der Waals surface area contributed by atoms with Crippen molar-refractivity contribution in [1.82, 2.24) is 15.5 Å². The van der Waals surface area contributed by atoms with Crippen molar-refractivity contribution in [3.05, 3.63) is 35.9 Å². The highest BCUT2D eigenvalue weighted by Crippen LogP contribution is 2.16. The third-order valence-corrected chi connectivity index (χ3v) is 4.53. The molecule has 5 heteroatoms. The Morgan fingerprint density at radius 1 is 1.21 bits per heavy atom. The fourth-order valence-electron chi connectivity index (χ4n) is 3.09. The van der Waals surface area contributed by atoms with Gasteiger partial charge in [0, 0.05) is 39.1 Å². The molecule has 0 bridgehead atoms. The predicted molar refractivity (Wildman–Crippen MR) is 99.2 cm³/mol. The second-order valence-corrected chi connectivity index (χ2v) is 6.34. The minimum Gasteiger partial charge on any atom is -0.356 e. The van der Waals surface area contributed by atoms with Gasteiger partial charge < -0.3 is 15.5 Å². The van der Waals surface area contributed by atoms with E-state index in [0.717, 1.165) is 38.3 Å². The lowest BCUT2D eigenvalue weighted by atomic mass is 10.0. The van der Waals surface area contributed by atoms with Gasteiger partial charge in [-0.2, -0.15) is 0 Å². The highest BCUT2D eigenvalue weighted by atomic mass is 16.2. The van der Waals surface area contributed by atoms with Crippen molar-refractivity contribution in [1.29, 1.82) is 0 Å². The monoisotopic (exact) mass is 330 g/mol.